The van der Waals surface area contributed by atoms with Crippen LogP contribution in [-0.2, 0) is 30.9 Å². The van der Waals surface area contributed by atoms with Crippen molar-refractivity contribution < 1.29 is 22.7 Å². The topological polar surface area (TPSA) is 99.3 Å². The normalized spacial score (nSPS) is 16.3. The molecule has 9 nitrogen and oxygen atoms in total. The van der Waals surface area contributed by atoms with E-state index in [0.29, 0.717) is 26.3 Å². The van der Waals surface area contributed by atoms with Crippen molar-refractivity contribution in [3.8, 4) is 0 Å². The number of carbonyl (C=O) groups excluding carboxylic acids is 2. The van der Waals surface area contributed by atoms with Crippen LogP contribution in [0.4, 0.5) is 0 Å². The maximum atomic E-state index is 12.9. The molecule has 10 heteroatoms. The Morgan fingerprint density at radius 1 is 1.20 bits per heavy atom. The first kappa shape index (κ1) is 24.3. The molecule has 30 heavy (non-hydrogen) atoms. The van der Waals surface area contributed by atoms with Crippen LogP contribution in [0.2, 0.25) is 0 Å². The first-order chi connectivity index (χ1) is 14.2. The van der Waals surface area contributed by atoms with E-state index < -0.39 is 22.0 Å². The number of hydrogen-bond acceptors (Lipinski definition) is 6. The minimum atomic E-state index is -3.51. The number of carbonyl (C=O) groups is 2. The van der Waals surface area contributed by atoms with Gasteiger partial charge in [-0.25, -0.2) is 8.42 Å². The minimum absolute atomic E-state index is 0.218. The molecule has 1 fully saturated rings. The van der Waals surface area contributed by atoms with Crippen LogP contribution >= 0.6 is 0 Å². The SMILES string of the molecule is CC(C(=O)NCCN1CCOCC1)N(Cc1ccccc1)C(=O)CN(C)S(C)(=O)=O. The number of amides is 2. The fourth-order valence-corrected chi connectivity index (χ4v) is 3.42. The van der Waals surface area contributed by atoms with Crippen LogP contribution in [0, 0.1) is 0 Å². The third-order valence-corrected chi connectivity index (χ3v) is 6.38. The Hall–Kier alpha value is -2.01. The molecule has 2 rings (SSSR count). The molecule has 1 N–H and O–H groups in total. The van der Waals surface area contributed by atoms with Crippen molar-refractivity contribution in [3.05, 3.63) is 35.9 Å². The quantitative estimate of drug-likeness (QED) is 0.538. The molecule has 1 aromatic rings. The Bertz CT molecular complexity index is 797. The number of rotatable bonds is 10. The number of nitrogens with one attached hydrogen (secondary N) is 1. The van der Waals surface area contributed by atoms with Gasteiger partial charge in [-0.2, -0.15) is 4.31 Å². The highest BCUT2D eigenvalue weighted by Crippen LogP contribution is 2.11. The molecule has 1 unspecified atom stereocenters. The van der Waals surface area contributed by atoms with Gasteiger partial charge in [0.05, 0.1) is 26.0 Å². The summed E-state index contributed by atoms with van der Waals surface area (Å²) in [6.45, 7) is 5.79. The number of nitrogens with zero attached hydrogens (tertiary/aromatic N) is 3. The van der Waals surface area contributed by atoms with Crippen molar-refractivity contribution in [3.63, 3.8) is 0 Å². The minimum Gasteiger partial charge on any atom is -0.379 e. The lowest BCUT2D eigenvalue weighted by atomic mass is 10.1. The summed E-state index contributed by atoms with van der Waals surface area (Å²) >= 11 is 0. The van der Waals surface area contributed by atoms with E-state index in [0.717, 1.165) is 29.2 Å². The van der Waals surface area contributed by atoms with E-state index in [2.05, 4.69) is 10.2 Å². The van der Waals surface area contributed by atoms with E-state index in [-0.39, 0.29) is 19.0 Å². The highest BCUT2D eigenvalue weighted by atomic mass is 32.2. The van der Waals surface area contributed by atoms with E-state index in [1.807, 2.05) is 30.3 Å². The molecule has 0 bridgehead atoms. The second kappa shape index (κ2) is 11.4. The van der Waals surface area contributed by atoms with Crippen molar-refractivity contribution in [2.45, 2.75) is 19.5 Å². The zero-order chi connectivity index (χ0) is 22.1. The van der Waals surface area contributed by atoms with Gasteiger partial charge in [0.1, 0.15) is 6.04 Å². The van der Waals surface area contributed by atoms with Crippen LogP contribution in [0.3, 0.4) is 0 Å². The largest absolute Gasteiger partial charge is 0.379 e. The number of morpholine rings is 1. The molecule has 1 saturated heterocycles. The number of hydrogen-bond donors (Lipinski definition) is 1. The van der Waals surface area contributed by atoms with E-state index in [9.17, 15) is 18.0 Å². The second-order valence-corrected chi connectivity index (χ2v) is 9.54. The standard InChI is InChI=1S/C20H32N4O5S/c1-17(20(26)21-9-10-23-11-13-29-14-12-23)24(15-18-7-5-4-6-8-18)19(25)16-22(2)30(3,27)28/h4-8,17H,9-16H2,1-3H3,(H,21,26). The van der Waals surface area contributed by atoms with Gasteiger partial charge in [0, 0.05) is 39.8 Å². The first-order valence-electron chi connectivity index (χ1n) is 10.0. The van der Waals surface area contributed by atoms with Crippen molar-refractivity contribution in [1.82, 2.24) is 19.4 Å². The summed E-state index contributed by atoms with van der Waals surface area (Å²) in [4.78, 5) is 29.2. The molecule has 1 aromatic carbocycles. The van der Waals surface area contributed by atoms with Gasteiger partial charge in [0.15, 0.2) is 0 Å². The lowest BCUT2D eigenvalue weighted by Gasteiger charge is -2.31. The monoisotopic (exact) mass is 440 g/mol. The molecule has 168 valence electrons. The molecule has 0 spiro atoms. The van der Waals surface area contributed by atoms with Crippen molar-refractivity contribution in [1.29, 1.82) is 0 Å². The number of sulfonamides is 1. The molecule has 0 saturated carbocycles. The summed E-state index contributed by atoms with van der Waals surface area (Å²) in [7, 11) is -2.16. The van der Waals surface area contributed by atoms with E-state index in [1.54, 1.807) is 6.92 Å². The van der Waals surface area contributed by atoms with E-state index >= 15 is 0 Å². The van der Waals surface area contributed by atoms with Crippen LogP contribution in [0.1, 0.15) is 12.5 Å². The van der Waals surface area contributed by atoms with Gasteiger partial charge in [-0.15, -0.1) is 0 Å². The van der Waals surface area contributed by atoms with Crippen molar-refractivity contribution >= 4 is 21.8 Å². The van der Waals surface area contributed by atoms with Gasteiger partial charge in [-0.1, -0.05) is 30.3 Å². The predicted molar refractivity (Wildman–Crippen MR) is 114 cm³/mol. The maximum absolute atomic E-state index is 12.9. The molecule has 1 aliphatic rings. The summed E-state index contributed by atoms with van der Waals surface area (Å²) in [6.07, 6.45) is 1.05. The van der Waals surface area contributed by atoms with Crippen LogP contribution in [0.25, 0.3) is 0 Å². The van der Waals surface area contributed by atoms with Crippen LogP contribution in [0.5, 0.6) is 0 Å². The Labute approximate surface area is 179 Å². The zero-order valence-electron chi connectivity index (χ0n) is 17.9. The van der Waals surface area contributed by atoms with E-state index in [4.69, 9.17) is 4.74 Å². The second-order valence-electron chi connectivity index (χ2n) is 7.45. The van der Waals surface area contributed by atoms with Gasteiger partial charge in [0.2, 0.25) is 21.8 Å². The molecule has 0 aliphatic carbocycles. The van der Waals surface area contributed by atoms with Crippen LogP contribution in [0.15, 0.2) is 30.3 Å². The molecule has 1 heterocycles. The lowest BCUT2D eigenvalue weighted by Crippen LogP contribution is -2.51. The fraction of sp³-hybridized carbons (Fsp3) is 0.600. The van der Waals surface area contributed by atoms with Crippen molar-refractivity contribution in [2.24, 2.45) is 0 Å². The van der Waals surface area contributed by atoms with Gasteiger partial charge < -0.3 is 15.0 Å². The maximum Gasteiger partial charge on any atom is 0.242 e. The molecular formula is C20H32N4O5S. The number of benzene rings is 1. The molecular weight excluding hydrogens is 408 g/mol. The highest BCUT2D eigenvalue weighted by molar-refractivity contribution is 7.88. The van der Waals surface area contributed by atoms with Crippen LogP contribution < -0.4 is 5.32 Å². The average molecular weight is 441 g/mol. The van der Waals surface area contributed by atoms with Gasteiger partial charge in [-0.05, 0) is 12.5 Å². The summed E-state index contributed by atoms with van der Waals surface area (Å²) < 4.78 is 29.7. The summed E-state index contributed by atoms with van der Waals surface area (Å²) in [6, 6.07) is 8.57. The summed E-state index contributed by atoms with van der Waals surface area (Å²) in [5.74, 6) is -0.697. The molecule has 1 aliphatic heterocycles. The summed E-state index contributed by atoms with van der Waals surface area (Å²) in [5, 5.41) is 2.89. The Balaban J connectivity index is 2.01. The number of likely N-dealkylation sites (N-methyl/N-ethyl adjacent to an activating group) is 1. The number of ether oxygens (including phenoxy) is 1. The Morgan fingerprint density at radius 2 is 1.83 bits per heavy atom. The van der Waals surface area contributed by atoms with Crippen LogP contribution in [-0.4, -0.2) is 99.6 Å². The van der Waals surface area contributed by atoms with Gasteiger partial charge in [0.25, 0.3) is 0 Å². The first-order valence-corrected chi connectivity index (χ1v) is 11.9. The molecule has 2 amide bonds. The molecule has 0 aromatic heterocycles. The van der Waals surface area contributed by atoms with Gasteiger partial charge >= 0.3 is 0 Å². The fourth-order valence-electron chi connectivity index (χ4n) is 3.07. The Kier molecular flexibility index (Phi) is 9.22. The van der Waals surface area contributed by atoms with E-state index in [1.165, 1.54) is 11.9 Å². The highest BCUT2D eigenvalue weighted by Gasteiger charge is 2.28. The smallest absolute Gasteiger partial charge is 0.242 e. The third-order valence-electron chi connectivity index (χ3n) is 5.12. The lowest BCUT2D eigenvalue weighted by molar-refractivity contribution is -0.140. The molecule has 1 atom stereocenters. The zero-order valence-corrected chi connectivity index (χ0v) is 18.7. The third kappa shape index (κ3) is 7.67. The van der Waals surface area contributed by atoms with Gasteiger partial charge in [-0.3, -0.25) is 14.5 Å². The molecule has 0 radical (unpaired) electrons. The van der Waals surface area contributed by atoms with Crippen molar-refractivity contribution in [2.75, 3.05) is 59.2 Å². The summed E-state index contributed by atoms with van der Waals surface area (Å²) in [5.41, 5.74) is 0.862. The predicted octanol–water partition coefficient (Wildman–Crippen LogP) is -0.256. The Morgan fingerprint density at radius 3 is 2.43 bits per heavy atom. The average Bonchev–Trinajstić information content (AvgIpc) is 2.72.